The first-order chi connectivity index (χ1) is 54.4. The van der Waals surface area contributed by atoms with Crippen molar-refractivity contribution in [2.75, 3.05) is 92.1 Å². The molecule has 117 heavy (non-hydrogen) atoms. The molecule has 5 heterocycles. The molecule has 0 bridgehead atoms. The Morgan fingerprint density at radius 2 is 0.530 bits per heavy atom. The Balaban J connectivity index is 0.000000142. The molecule has 15 atom stereocenters. The Morgan fingerprint density at radius 3 is 0.846 bits per heavy atom. The SMILES string of the molecule is CCN1CC[C@@H]2[C@@H](c3ccc(C)cc3)c3cc(C)ccc3[C@@H]2C1.CCN1CC[C@H]2[C@H](c3ccc(C)cc3)c3cc(C)ccc3[C@H]2C1.CCN1CC[C@H]2[C@H](c3ccccc3C)c3cc(C)ccc3[C@H]2C1.Cc1ccc([C@@H]2c3cc(C)ccc3[C@H]3CN(C)CC[C@@H]23)cc1.Cc1ccc([C@@H]2c3cc(C)ccc3[C@H]3CNCC[C@@H]23)cc1.Cl.Cl.Cl.Cl.Cl. The molecule has 0 spiro atoms. The summed E-state index contributed by atoms with van der Waals surface area (Å²) in [5.74, 6) is 10.4. The second kappa shape index (κ2) is 40.0. The number of likely N-dealkylation sites (N-methyl/N-ethyl adjacent to an activating group) is 4. The van der Waals surface area contributed by atoms with E-state index in [1.807, 2.05) is 0 Å². The summed E-state index contributed by atoms with van der Waals surface area (Å²) in [7, 11) is 2.27. The first kappa shape index (κ1) is 91.2. The summed E-state index contributed by atoms with van der Waals surface area (Å²) in [5, 5.41) is 3.59. The molecule has 5 aliphatic heterocycles. The number of benzene rings is 10. The molecule has 1 N–H and O–H groups in total. The highest BCUT2D eigenvalue weighted by Gasteiger charge is 2.49. The van der Waals surface area contributed by atoms with Gasteiger partial charge in [-0.15, -0.1) is 62.0 Å². The quantitative estimate of drug-likeness (QED) is 0.163. The van der Waals surface area contributed by atoms with E-state index in [4.69, 9.17) is 0 Å². The Bertz CT molecular complexity index is 4800. The van der Waals surface area contributed by atoms with E-state index in [1.165, 1.54) is 182 Å². The van der Waals surface area contributed by atoms with Gasteiger partial charge in [-0.3, -0.25) is 0 Å². The van der Waals surface area contributed by atoms with Crippen LogP contribution in [-0.2, 0) is 0 Å². The van der Waals surface area contributed by atoms with Gasteiger partial charge in [0.25, 0.3) is 0 Å². The number of likely N-dealkylation sites (tertiary alicyclic amines) is 4. The molecule has 5 aliphatic carbocycles. The van der Waals surface area contributed by atoms with Gasteiger partial charge in [-0.2, -0.15) is 0 Å². The Kier molecular flexibility index (Phi) is 31.2. The van der Waals surface area contributed by atoms with Crippen molar-refractivity contribution in [2.24, 2.45) is 29.6 Å². The minimum absolute atomic E-state index is 0. The van der Waals surface area contributed by atoms with Crippen molar-refractivity contribution in [3.63, 3.8) is 0 Å². The highest BCUT2D eigenvalue weighted by molar-refractivity contribution is 5.86. The zero-order chi connectivity index (χ0) is 77.6. The van der Waals surface area contributed by atoms with Crippen molar-refractivity contribution in [2.45, 2.75) is 181 Å². The summed E-state index contributed by atoms with van der Waals surface area (Å²) in [5.41, 5.74) is 37.4. The maximum atomic E-state index is 3.59. The molecular formula is C107H134Cl5N5. The summed E-state index contributed by atoms with van der Waals surface area (Å²) >= 11 is 0. The van der Waals surface area contributed by atoms with Crippen LogP contribution in [0.15, 0.2) is 212 Å². The highest BCUT2D eigenvalue weighted by Crippen LogP contribution is 2.59. The van der Waals surface area contributed by atoms with Gasteiger partial charge < -0.3 is 24.9 Å². The van der Waals surface area contributed by atoms with Crippen LogP contribution in [0.2, 0.25) is 0 Å². The standard InChI is InChI=1S/3C22H27N.C21H25N.C20H23N.5ClH/c2*1-4-23-12-11-19-21(14-23)18-10-7-16(3)13-20(18)22(19)17-8-5-15(2)6-9-17;1-4-23-12-11-19-21(14-23)18-10-9-15(2)13-20(18)22(19)17-8-6-5-7-16(17)3;1-14-4-7-16(8-5-14)21-18-10-11-22(3)13-20(18)17-9-6-15(2)12-19(17)21;1-13-3-6-15(7-4-13)20-17-9-10-21-12-19(17)16-8-5-14(2)11-18(16)20;;;;;/h3*5-10,13,19,21-22H,4,11-12,14H2,1-3H3;4-9,12,18,20-21H,10-11,13H2,1-3H3;3-8,11,17,19-21H,9-10,12H2,1-2H3;5*1H/t3*19-,21-,22+;18-,20-,21+;17-,19-,20+;;;;;/m10111...../s1. The van der Waals surface area contributed by atoms with Crippen molar-refractivity contribution in [3.05, 3.63) is 351 Å². The van der Waals surface area contributed by atoms with Crippen LogP contribution < -0.4 is 5.32 Å². The van der Waals surface area contributed by atoms with Gasteiger partial charge in [-0.05, 0) is 279 Å². The molecule has 10 aromatic rings. The van der Waals surface area contributed by atoms with Crippen molar-refractivity contribution < 1.29 is 0 Å². The van der Waals surface area contributed by atoms with E-state index in [0.29, 0.717) is 59.2 Å². The predicted octanol–water partition coefficient (Wildman–Crippen LogP) is 25.4. The Morgan fingerprint density at radius 1 is 0.265 bits per heavy atom. The number of rotatable bonds is 8. The number of hydrogen-bond acceptors (Lipinski definition) is 5. The maximum absolute atomic E-state index is 3.59. The summed E-state index contributed by atoms with van der Waals surface area (Å²) in [6.07, 6.45) is 6.57. The molecule has 0 radical (unpaired) electrons. The average molecular weight is 1670 g/mol. The fourth-order valence-corrected chi connectivity index (χ4v) is 23.4. The van der Waals surface area contributed by atoms with E-state index in [9.17, 15) is 0 Å². The van der Waals surface area contributed by atoms with Crippen molar-refractivity contribution in [3.8, 4) is 0 Å². The van der Waals surface area contributed by atoms with Gasteiger partial charge in [0.05, 0.1) is 0 Å². The van der Waals surface area contributed by atoms with Gasteiger partial charge in [0, 0.05) is 91.9 Å². The third kappa shape index (κ3) is 18.9. The Labute approximate surface area is 735 Å². The number of nitrogens with zero attached hydrogens (tertiary/aromatic N) is 4. The largest absolute Gasteiger partial charge is 0.316 e. The lowest BCUT2D eigenvalue weighted by molar-refractivity contribution is 0.167. The Hall–Kier alpha value is -6.55. The van der Waals surface area contributed by atoms with Crippen LogP contribution in [0.4, 0.5) is 0 Å². The van der Waals surface area contributed by atoms with Crippen LogP contribution in [0.5, 0.6) is 0 Å². The van der Waals surface area contributed by atoms with Crippen LogP contribution >= 0.6 is 62.0 Å². The van der Waals surface area contributed by atoms with E-state index in [0.717, 1.165) is 42.7 Å². The molecule has 10 heteroatoms. The fraction of sp³-hybridized carbons (Fsp3) is 0.439. The second-order valence-corrected chi connectivity index (χ2v) is 36.5. The summed E-state index contributed by atoms with van der Waals surface area (Å²) in [6.45, 7) is 44.8. The van der Waals surface area contributed by atoms with Gasteiger partial charge in [0.1, 0.15) is 0 Å². The normalized spacial score (nSPS) is 25.9. The third-order valence-electron chi connectivity index (χ3n) is 29.3. The van der Waals surface area contributed by atoms with Gasteiger partial charge in [-0.25, -0.2) is 0 Å². The first-order valence-electron chi connectivity index (χ1n) is 43.8. The molecular weight excluding hydrogens is 1530 g/mol. The van der Waals surface area contributed by atoms with Crippen molar-refractivity contribution in [1.82, 2.24) is 24.9 Å². The first-order valence-corrected chi connectivity index (χ1v) is 43.8. The van der Waals surface area contributed by atoms with Crippen LogP contribution in [-0.4, -0.2) is 112 Å². The summed E-state index contributed by atoms with van der Waals surface area (Å²) in [4.78, 5) is 10.4. The lowest BCUT2D eigenvalue weighted by Crippen LogP contribution is -2.38. The average Bonchev–Trinajstić information content (AvgIpc) is 1.63. The smallest absolute Gasteiger partial charge is 0.0130 e. The molecule has 0 unspecified atom stereocenters. The zero-order valence-electron chi connectivity index (χ0n) is 72.4. The van der Waals surface area contributed by atoms with Gasteiger partial charge >= 0.3 is 0 Å². The van der Waals surface area contributed by atoms with E-state index in [-0.39, 0.29) is 62.0 Å². The molecule has 5 saturated heterocycles. The molecule has 0 saturated carbocycles. The lowest BCUT2D eigenvalue weighted by atomic mass is 9.77. The molecule has 622 valence electrons. The third-order valence-corrected chi connectivity index (χ3v) is 29.3. The molecule has 10 aromatic carbocycles. The second-order valence-electron chi connectivity index (χ2n) is 36.5. The lowest BCUT2D eigenvalue weighted by Gasteiger charge is -2.37. The van der Waals surface area contributed by atoms with Gasteiger partial charge in [0.15, 0.2) is 0 Å². The monoisotopic (exact) mass is 1660 g/mol. The molecule has 10 aliphatic rings. The van der Waals surface area contributed by atoms with Gasteiger partial charge in [-0.1, -0.05) is 283 Å². The van der Waals surface area contributed by atoms with E-state index < -0.39 is 0 Å². The topological polar surface area (TPSA) is 25.0 Å². The predicted molar refractivity (Wildman–Crippen MR) is 508 cm³/mol. The molecule has 5 fully saturated rings. The molecule has 0 aromatic heterocycles. The fourth-order valence-electron chi connectivity index (χ4n) is 23.4. The highest BCUT2D eigenvalue weighted by atomic mass is 35.5. The van der Waals surface area contributed by atoms with Crippen LogP contribution in [0.1, 0.15) is 251 Å². The number of nitrogens with one attached hydrogen (secondary N) is 1. The van der Waals surface area contributed by atoms with Crippen LogP contribution in [0, 0.1) is 98.8 Å². The van der Waals surface area contributed by atoms with Gasteiger partial charge in [0.2, 0.25) is 0 Å². The maximum Gasteiger partial charge on any atom is 0.0130 e. The van der Waals surface area contributed by atoms with E-state index >= 15 is 0 Å². The van der Waals surface area contributed by atoms with Crippen molar-refractivity contribution in [1.29, 1.82) is 0 Å². The van der Waals surface area contributed by atoms with Crippen molar-refractivity contribution >= 4 is 62.0 Å². The molecule has 20 rings (SSSR count). The number of piperidine rings is 5. The number of fused-ring (bicyclic) bond motifs is 15. The molecule has 5 nitrogen and oxygen atoms in total. The van der Waals surface area contributed by atoms with Crippen LogP contribution in [0.25, 0.3) is 0 Å². The van der Waals surface area contributed by atoms with E-state index in [2.05, 4.69) is 334 Å². The minimum atomic E-state index is 0. The zero-order valence-corrected chi connectivity index (χ0v) is 76.5. The van der Waals surface area contributed by atoms with Crippen LogP contribution in [0.3, 0.4) is 0 Å². The minimum Gasteiger partial charge on any atom is -0.316 e. The number of aryl methyl sites for hydroxylation is 10. The number of halogens is 5. The summed E-state index contributed by atoms with van der Waals surface area (Å²) in [6, 6.07) is 81.8. The molecule has 0 amide bonds. The number of hydrogen-bond donors (Lipinski definition) is 1. The van der Waals surface area contributed by atoms with E-state index in [1.54, 1.807) is 61.2 Å². The summed E-state index contributed by atoms with van der Waals surface area (Å²) < 4.78 is 0.